The molecule has 146 valence electrons. The van der Waals surface area contributed by atoms with Crippen molar-refractivity contribution in [1.82, 2.24) is 5.32 Å². The molecule has 4 bridgehead atoms. The molecule has 4 aliphatic carbocycles. The van der Waals surface area contributed by atoms with Crippen molar-refractivity contribution in [2.45, 2.75) is 51.5 Å². The van der Waals surface area contributed by atoms with Crippen LogP contribution in [0.15, 0.2) is 23.4 Å². The van der Waals surface area contributed by atoms with Crippen LogP contribution in [0.1, 0.15) is 51.0 Å². The molecule has 0 aliphatic heterocycles. The fourth-order valence-electron chi connectivity index (χ4n) is 5.94. The van der Waals surface area contributed by atoms with Crippen molar-refractivity contribution >= 4 is 35.3 Å². The molecule has 1 aromatic rings. The highest BCUT2D eigenvalue weighted by molar-refractivity contribution is 6.36. The highest BCUT2D eigenvalue weighted by Crippen LogP contribution is 2.61. The van der Waals surface area contributed by atoms with E-state index in [-0.39, 0.29) is 18.6 Å². The summed E-state index contributed by atoms with van der Waals surface area (Å²) in [5.74, 6) is 2.51. The number of carbonyl (C=O) groups excluding carboxylic acids is 1. The molecule has 0 aromatic heterocycles. The predicted molar refractivity (Wildman–Crippen MR) is 108 cm³/mol. The summed E-state index contributed by atoms with van der Waals surface area (Å²) in [4.78, 5) is 17.5. The lowest BCUT2D eigenvalue weighted by Crippen LogP contribution is -2.56. The quantitative estimate of drug-likeness (QED) is 0.527. The summed E-state index contributed by atoms with van der Waals surface area (Å²) < 4.78 is 0. The molecular weight excluding hydrogens is 383 g/mol. The van der Waals surface area contributed by atoms with Gasteiger partial charge in [0.15, 0.2) is 6.61 Å². The van der Waals surface area contributed by atoms with Crippen LogP contribution in [0.2, 0.25) is 10.0 Å². The summed E-state index contributed by atoms with van der Waals surface area (Å²) in [6.45, 7) is 2.08. The molecule has 1 N–H and O–H groups in total. The molecule has 5 rings (SSSR count). The topological polar surface area (TPSA) is 50.7 Å². The predicted octanol–water partition coefficient (Wildman–Crippen LogP) is 5.07. The Balaban J connectivity index is 1.27. The van der Waals surface area contributed by atoms with Crippen molar-refractivity contribution in [2.24, 2.45) is 28.3 Å². The third-order valence-corrected chi connectivity index (χ3v) is 7.37. The van der Waals surface area contributed by atoms with Gasteiger partial charge in [-0.3, -0.25) is 4.79 Å². The van der Waals surface area contributed by atoms with Crippen LogP contribution in [0, 0.1) is 23.2 Å². The largest absolute Gasteiger partial charge is 0.386 e. The summed E-state index contributed by atoms with van der Waals surface area (Å²) in [6.07, 6.45) is 9.53. The second-order valence-corrected chi connectivity index (χ2v) is 9.59. The molecule has 4 aliphatic rings. The van der Waals surface area contributed by atoms with E-state index in [1.807, 2.05) is 0 Å². The van der Waals surface area contributed by atoms with Gasteiger partial charge in [0.1, 0.15) is 0 Å². The van der Waals surface area contributed by atoms with Gasteiger partial charge in [0, 0.05) is 16.6 Å². The van der Waals surface area contributed by atoms with E-state index < -0.39 is 0 Å². The van der Waals surface area contributed by atoms with Gasteiger partial charge >= 0.3 is 0 Å². The van der Waals surface area contributed by atoms with Crippen molar-refractivity contribution in [3.05, 3.63) is 33.8 Å². The molecule has 27 heavy (non-hydrogen) atoms. The Hall–Kier alpha value is -1.26. The molecule has 1 amide bonds. The molecule has 0 heterocycles. The zero-order chi connectivity index (χ0) is 19.0. The first-order valence-corrected chi connectivity index (χ1v) is 10.6. The third kappa shape index (κ3) is 4.12. The van der Waals surface area contributed by atoms with Crippen LogP contribution < -0.4 is 5.32 Å². The Morgan fingerprint density at radius 3 is 2.48 bits per heavy atom. The summed E-state index contributed by atoms with van der Waals surface area (Å²) in [5.41, 5.74) is 0.994. The molecule has 6 heteroatoms. The lowest BCUT2D eigenvalue weighted by Gasteiger charge is -2.59. The zero-order valence-corrected chi connectivity index (χ0v) is 17.1. The van der Waals surface area contributed by atoms with Gasteiger partial charge in [0.2, 0.25) is 0 Å². The van der Waals surface area contributed by atoms with E-state index in [2.05, 4.69) is 17.4 Å². The number of benzene rings is 1. The molecule has 0 unspecified atom stereocenters. The molecule has 4 saturated carbocycles. The van der Waals surface area contributed by atoms with E-state index in [1.54, 1.807) is 18.2 Å². The average molecular weight is 409 g/mol. The maximum Gasteiger partial charge on any atom is 0.261 e. The molecule has 1 atom stereocenters. The number of carbonyl (C=O) groups is 1. The normalized spacial score (nSPS) is 32.6. The fourth-order valence-corrected chi connectivity index (χ4v) is 6.40. The molecule has 1 aromatic carbocycles. The van der Waals surface area contributed by atoms with Crippen molar-refractivity contribution in [2.75, 3.05) is 6.61 Å². The third-order valence-electron chi connectivity index (χ3n) is 6.81. The number of hydrogen-bond donors (Lipinski definition) is 1. The zero-order valence-electron chi connectivity index (χ0n) is 15.6. The number of rotatable bonds is 6. The van der Waals surface area contributed by atoms with E-state index in [1.165, 1.54) is 44.7 Å². The number of hydrogen-bond acceptors (Lipinski definition) is 3. The van der Waals surface area contributed by atoms with Gasteiger partial charge in [-0.1, -0.05) is 34.4 Å². The summed E-state index contributed by atoms with van der Waals surface area (Å²) in [6, 6.07) is 5.32. The number of nitrogens with zero attached hydrogens (tertiary/aromatic N) is 1. The van der Waals surface area contributed by atoms with E-state index in [0.29, 0.717) is 21.0 Å². The Morgan fingerprint density at radius 2 is 1.89 bits per heavy atom. The molecule has 4 nitrogen and oxygen atoms in total. The van der Waals surface area contributed by atoms with Crippen molar-refractivity contribution in [3.8, 4) is 0 Å². The van der Waals surface area contributed by atoms with Crippen LogP contribution in [0.3, 0.4) is 0 Å². The Kier molecular flexibility index (Phi) is 5.39. The molecule has 0 saturated heterocycles. The van der Waals surface area contributed by atoms with Gasteiger partial charge in [0.05, 0.1) is 11.2 Å². The van der Waals surface area contributed by atoms with Gasteiger partial charge < -0.3 is 10.2 Å². The van der Waals surface area contributed by atoms with Gasteiger partial charge in [0.25, 0.3) is 5.91 Å². The lowest BCUT2D eigenvalue weighted by atomic mass is 9.48. The minimum absolute atomic E-state index is 0.0849. The summed E-state index contributed by atoms with van der Waals surface area (Å²) >= 11 is 11.9. The SMILES string of the molecule is C[C@@H](NC(=O)CO/N=C\c1ccc(Cl)cc1Cl)C12CC3CC(CC(C3)C1)C2. The van der Waals surface area contributed by atoms with E-state index in [4.69, 9.17) is 28.0 Å². The smallest absolute Gasteiger partial charge is 0.261 e. The van der Waals surface area contributed by atoms with Crippen LogP contribution in [0.4, 0.5) is 0 Å². The summed E-state index contributed by atoms with van der Waals surface area (Å²) in [7, 11) is 0. The van der Waals surface area contributed by atoms with Gasteiger partial charge in [-0.2, -0.15) is 0 Å². The van der Waals surface area contributed by atoms with Crippen molar-refractivity contribution in [1.29, 1.82) is 0 Å². The number of amides is 1. The van der Waals surface area contributed by atoms with Gasteiger partial charge in [-0.05, 0) is 80.8 Å². The minimum atomic E-state index is -0.113. The average Bonchev–Trinajstić information content (AvgIpc) is 2.59. The Morgan fingerprint density at radius 1 is 1.26 bits per heavy atom. The highest BCUT2D eigenvalue weighted by atomic mass is 35.5. The van der Waals surface area contributed by atoms with Gasteiger partial charge in [-0.15, -0.1) is 0 Å². The van der Waals surface area contributed by atoms with Crippen LogP contribution in [-0.4, -0.2) is 24.8 Å². The number of oxime groups is 1. The van der Waals surface area contributed by atoms with Crippen molar-refractivity contribution < 1.29 is 9.63 Å². The monoisotopic (exact) mass is 408 g/mol. The standard InChI is InChI=1S/C21H26Cl2N2O2/c1-13(21-8-14-4-15(9-21)6-16(5-14)10-21)25-20(26)12-27-24-11-17-2-3-18(22)7-19(17)23/h2-3,7,11,13-16H,4-6,8-10,12H2,1H3,(H,25,26)/b24-11-/t13-,14?,15?,16?,21?/m1/s1. The number of halogens is 2. The van der Waals surface area contributed by atoms with Crippen molar-refractivity contribution in [3.63, 3.8) is 0 Å². The maximum absolute atomic E-state index is 12.3. The fraction of sp³-hybridized carbons (Fsp3) is 0.619. The maximum atomic E-state index is 12.3. The lowest BCUT2D eigenvalue weighted by molar-refractivity contribution is -0.130. The van der Waals surface area contributed by atoms with E-state index in [9.17, 15) is 4.79 Å². The van der Waals surface area contributed by atoms with Crippen LogP contribution in [-0.2, 0) is 9.63 Å². The minimum Gasteiger partial charge on any atom is -0.386 e. The summed E-state index contributed by atoms with van der Waals surface area (Å²) in [5, 5.41) is 8.09. The second kappa shape index (κ2) is 7.63. The molecule has 0 radical (unpaired) electrons. The number of nitrogens with one attached hydrogen (secondary N) is 1. The van der Waals surface area contributed by atoms with Crippen LogP contribution in [0.5, 0.6) is 0 Å². The molecule has 0 spiro atoms. The van der Waals surface area contributed by atoms with Gasteiger partial charge in [-0.25, -0.2) is 0 Å². The Labute approximate surface area is 170 Å². The van der Waals surface area contributed by atoms with E-state index >= 15 is 0 Å². The molecule has 4 fully saturated rings. The van der Waals surface area contributed by atoms with Crippen LogP contribution in [0.25, 0.3) is 0 Å². The van der Waals surface area contributed by atoms with E-state index in [0.717, 1.165) is 17.8 Å². The first kappa shape index (κ1) is 19.1. The highest BCUT2D eigenvalue weighted by Gasteiger charge is 2.53. The second-order valence-electron chi connectivity index (χ2n) is 8.74. The first-order chi connectivity index (χ1) is 12.9. The molecular formula is C21H26Cl2N2O2. The first-order valence-electron chi connectivity index (χ1n) is 9.83. The van der Waals surface area contributed by atoms with Crippen LogP contribution >= 0.6 is 23.2 Å². The Bertz CT molecular complexity index is 714.